The number of nitrogens with zero attached hydrogens (tertiary/aromatic N) is 2. The Morgan fingerprint density at radius 2 is 1.94 bits per heavy atom. The van der Waals surface area contributed by atoms with Gasteiger partial charge in [-0.15, -0.1) is 0 Å². The van der Waals surface area contributed by atoms with Crippen LogP contribution in [-0.2, 0) is 4.79 Å². The maximum Gasteiger partial charge on any atom is 0.259 e. The van der Waals surface area contributed by atoms with E-state index < -0.39 is 0 Å². The van der Waals surface area contributed by atoms with E-state index in [2.05, 4.69) is 15.2 Å². The van der Waals surface area contributed by atoms with Gasteiger partial charge in [-0.2, -0.15) is 0 Å². The van der Waals surface area contributed by atoms with Crippen LogP contribution >= 0.6 is 0 Å². The van der Waals surface area contributed by atoms with E-state index in [1.165, 1.54) is 32.1 Å². The lowest BCUT2D eigenvalue weighted by molar-refractivity contribution is -0.119. The second-order valence-electron chi connectivity index (χ2n) is 5.10. The van der Waals surface area contributed by atoms with E-state index in [-0.39, 0.29) is 5.91 Å². The number of carbonyl (C=O) groups excluding carboxylic acids is 1. The second-order valence-corrected chi connectivity index (χ2v) is 5.10. The number of aliphatic imine (C=N–C) groups is 1. The zero-order valence-corrected chi connectivity index (χ0v) is 10.5. The fourth-order valence-corrected chi connectivity index (χ4v) is 2.57. The molecule has 0 unspecified atom stereocenters. The predicted molar refractivity (Wildman–Crippen MR) is 69.4 cm³/mol. The molecule has 1 saturated heterocycles. The van der Waals surface area contributed by atoms with E-state index in [9.17, 15) is 4.79 Å². The van der Waals surface area contributed by atoms with Crippen LogP contribution in [0.25, 0.3) is 0 Å². The van der Waals surface area contributed by atoms with Crippen LogP contribution in [0.5, 0.6) is 0 Å². The third kappa shape index (κ3) is 4.56. The largest absolute Gasteiger partial charge is 0.314 e. The number of hydrogen-bond acceptors (Lipinski definition) is 3. The first-order valence-corrected chi connectivity index (χ1v) is 6.85. The summed E-state index contributed by atoms with van der Waals surface area (Å²) in [6.45, 7) is 4.39. The zero-order valence-electron chi connectivity index (χ0n) is 10.5. The highest BCUT2D eigenvalue weighted by atomic mass is 16.1. The Bertz CT molecular complexity index is 266. The third-order valence-corrected chi connectivity index (χ3v) is 3.65. The molecular formula is C13H23N3O. The molecule has 0 radical (unpaired) electrons. The van der Waals surface area contributed by atoms with Crippen molar-refractivity contribution >= 4 is 12.1 Å². The summed E-state index contributed by atoms with van der Waals surface area (Å²) in [5.41, 5.74) is 0. The number of carbonyl (C=O) groups is 1. The molecule has 96 valence electrons. The minimum absolute atomic E-state index is 0.0254. The molecular weight excluding hydrogens is 214 g/mol. The van der Waals surface area contributed by atoms with Crippen LogP contribution < -0.4 is 5.32 Å². The molecule has 4 heteroatoms. The van der Waals surface area contributed by atoms with E-state index >= 15 is 0 Å². The van der Waals surface area contributed by atoms with Gasteiger partial charge in [0, 0.05) is 32.4 Å². The van der Waals surface area contributed by atoms with Crippen molar-refractivity contribution in [2.24, 2.45) is 10.9 Å². The van der Waals surface area contributed by atoms with Crippen LogP contribution in [0.3, 0.4) is 0 Å². The first kappa shape index (κ1) is 12.7. The Hall–Kier alpha value is -0.740. The number of rotatable bonds is 3. The molecule has 0 aromatic heterocycles. The van der Waals surface area contributed by atoms with Crippen molar-refractivity contribution < 1.29 is 4.79 Å². The van der Waals surface area contributed by atoms with Crippen molar-refractivity contribution in [1.29, 1.82) is 0 Å². The predicted octanol–water partition coefficient (Wildman–Crippen LogP) is 1.07. The van der Waals surface area contributed by atoms with Gasteiger partial charge in [0.15, 0.2) is 0 Å². The molecule has 4 nitrogen and oxygen atoms in total. The molecule has 1 aliphatic carbocycles. The van der Waals surface area contributed by atoms with Crippen LogP contribution in [0.15, 0.2) is 4.99 Å². The van der Waals surface area contributed by atoms with Gasteiger partial charge in [0.25, 0.3) is 5.91 Å². The molecule has 1 N–H and O–H groups in total. The average molecular weight is 237 g/mol. The van der Waals surface area contributed by atoms with Crippen molar-refractivity contribution in [3.63, 3.8) is 0 Å². The highest BCUT2D eigenvalue weighted by Crippen LogP contribution is 2.21. The fraction of sp³-hybridized carbons (Fsp3) is 0.846. The molecule has 2 aliphatic rings. The zero-order chi connectivity index (χ0) is 11.9. The van der Waals surface area contributed by atoms with Crippen LogP contribution in [-0.4, -0.2) is 49.7 Å². The molecule has 1 heterocycles. The Morgan fingerprint density at radius 3 is 2.65 bits per heavy atom. The molecule has 2 rings (SSSR count). The smallest absolute Gasteiger partial charge is 0.259 e. The summed E-state index contributed by atoms with van der Waals surface area (Å²) in [7, 11) is 0. The molecule has 0 bridgehead atoms. The molecule has 0 spiro atoms. The highest BCUT2D eigenvalue weighted by Gasteiger charge is 2.14. The van der Waals surface area contributed by atoms with Gasteiger partial charge < -0.3 is 5.32 Å². The molecule has 1 aliphatic heterocycles. The first-order chi connectivity index (χ1) is 8.34. The summed E-state index contributed by atoms with van der Waals surface area (Å²) in [5.74, 6) is 0.577. The fourth-order valence-electron chi connectivity index (χ4n) is 2.57. The van der Waals surface area contributed by atoms with Gasteiger partial charge >= 0.3 is 0 Å². The topological polar surface area (TPSA) is 44.7 Å². The maximum atomic E-state index is 11.7. The summed E-state index contributed by atoms with van der Waals surface area (Å²) in [4.78, 5) is 18.0. The van der Waals surface area contributed by atoms with E-state index in [1.54, 1.807) is 0 Å². The molecule has 17 heavy (non-hydrogen) atoms. The summed E-state index contributed by atoms with van der Waals surface area (Å²) < 4.78 is 0. The minimum Gasteiger partial charge on any atom is -0.314 e. The van der Waals surface area contributed by atoms with Crippen molar-refractivity contribution in [3.05, 3.63) is 0 Å². The molecule has 0 aromatic rings. The van der Waals surface area contributed by atoms with Gasteiger partial charge in [0.2, 0.25) is 0 Å². The number of nitrogens with one attached hydrogen (secondary N) is 1. The SMILES string of the molecule is O=C(CN1CCNCC1)/N=C\C1CCCCC1. The normalized spacial score (nSPS) is 24.2. The lowest BCUT2D eigenvalue weighted by Gasteiger charge is -2.25. The van der Waals surface area contributed by atoms with E-state index in [0.717, 1.165) is 26.2 Å². The quantitative estimate of drug-likeness (QED) is 0.747. The second kappa shape index (κ2) is 6.87. The van der Waals surface area contributed by atoms with Gasteiger partial charge in [-0.3, -0.25) is 9.69 Å². The third-order valence-electron chi connectivity index (χ3n) is 3.65. The van der Waals surface area contributed by atoms with Gasteiger partial charge in [-0.25, -0.2) is 4.99 Å². The molecule has 1 amide bonds. The lowest BCUT2D eigenvalue weighted by atomic mass is 9.90. The maximum absolute atomic E-state index is 11.7. The van der Waals surface area contributed by atoms with Crippen molar-refractivity contribution in [2.75, 3.05) is 32.7 Å². The monoisotopic (exact) mass is 237 g/mol. The Labute approximate surface area is 103 Å². The van der Waals surface area contributed by atoms with Crippen molar-refractivity contribution in [3.8, 4) is 0 Å². The van der Waals surface area contributed by atoms with Crippen LogP contribution in [0.4, 0.5) is 0 Å². The lowest BCUT2D eigenvalue weighted by Crippen LogP contribution is -2.45. The van der Waals surface area contributed by atoms with Gasteiger partial charge in [0.05, 0.1) is 6.54 Å². The van der Waals surface area contributed by atoms with E-state index in [0.29, 0.717) is 12.5 Å². The highest BCUT2D eigenvalue weighted by molar-refractivity contribution is 5.87. The molecule has 0 atom stereocenters. The number of piperazine rings is 1. The van der Waals surface area contributed by atoms with Gasteiger partial charge in [0.1, 0.15) is 0 Å². The van der Waals surface area contributed by atoms with E-state index in [4.69, 9.17) is 0 Å². The standard InChI is InChI=1S/C13H23N3O/c17-13(11-16-8-6-14-7-9-16)15-10-12-4-2-1-3-5-12/h10,12,14H,1-9,11H2/b15-10-. The Balaban J connectivity index is 1.69. The van der Waals surface area contributed by atoms with Crippen LogP contribution in [0, 0.1) is 5.92 Å². The van der Waals surface area contributed by atoms with Crippen molar-refractivity contribution in [2.45, 2.75) is 32.1 Å². The Morgan fingerprint density at radius 1 is 1.24 bits per heavy atom. The van der Waals surface area contributed by atoms with E-state index in [1.807, 2.05) is 6.21 Å². The number of hydrogen-bond donors (Lipinski definition) is 1. The number of amides is 1. The summed E-state index contributed by atoms with van der Waals surface area (Å²) >= 11 is 0. The minimum atomic E-state index is 0.0254. The first-order valence-electron chi connectivity index (χ1n) is 6.85. The molecule has 1 saturated carbocycles. The van der Waals surface area contributed by atoms with Gasteiger partial charge in [-0.1, -0.05) is 19.3 Å². The molecule has 0 aromatic carbocycles. The summed E-state index contributed by atoms with van der Waals surface area (Å²) in [6.07, 6.45) is 8.27. The summed E-state index contributed by atoms with van der Waals surface area (Å²) in [5, 5.41) is 3.28. The Kier molecular flexibility index (Phi) is 5.13. The van der Waals surface area contributed by atoms with Gasteiger partial charge in [-0.05, 0) is 18.8 Å². The average Bonchev–Trinajstić information content (AvgIpc) is 2.39. The van der Waals surface area contributed by atoms with Crippen molar-refractivity contribution in [1.82, 2.24) is 10.2 Å². The molecule has 2 fully saturated rings. The van der Waals surface area contributed by atoms with Crippen LogP contribution in [0.2, 0.25) is 0 Å². The van der Waals surface area contributed by atoms with Crippen LogP contribution in [0.1, 0.15) is 32.1 Å². The summed E-state index contributed by atoms with van der Waals surface area (Å²) in [6, 6.07) is 0.